The summed E-state index contributed by atoms with van der Waals surface area (Å²) in [7, 11) is 1.71. The highest BCUT2D eigenvalue weighted by Gasteiger charge is 2.04. The molecular weight excluding hydrogens is 330 g/mol. The van der Waals surface area contributed by atoms with Gasteiger partial charge in [0.25, 0.3) is 0 Å². The molecule has 8 nitrogen and oxygen atoms in total. The van der Waals surface area contributed by atoms with E-state index in [1.807, 2.05) is 34.9 Å². The molecule has 0 aliphatic heterocycles. The first kappa shape index (κ1) is 19.4. The van der Waals surface area contributed by atoms with Gasteiger partial charge >= 0.3 is 0 Å². The fourth-order valence-corrected chi connectivity index (χ4v) is 2.43. The molecule has 2 rings (SSSR count). The third-order valence-electron chi connectivity index (χ3n) is 3.86. The van der Waals surface area contributed by atoms with E-state index < -0.39 is 0 Å². The topological polar surface area (TPSA) is 96.2 Å². The molecule has 1 heterocycles. The molecule has 1 amide bonds. The molecule has 0 spiro atoms. The molecule has 0 fully saturated rings. The molecule has 3 N–H and O–H groups in total. The van der Waals surface area contributed by atoms with Crippen molar-refractivity contribution in [1.82, 2.24) is 30.7 Å². The van der Waals surface area contributed by atoms with E-state index in [0.29, 0.717) is 32.0 Å². The number of rotatable bonds is 9. The zero-order valence-corrected chi connectivity index (χ0v) is 15.4. The Kier molecular flexibility index (Phi) is 8.11. The number of aryl methyl sites for hydroxylation is 1. The van der Waals surface area contributed by atoms with Crippen LogP contribution >= 0.6 is 0 Å². The Labute approximate surface area is 154 Å². The first-order valence-electron chi connectivity index (χ1n) is 8.84. The Morgan fingerprint density at radius 2 is 1.92 bits per heavy atom. The molecule has 140 valence electrons. The van der Waals surface area contributed by atoms with Gasteiger partial charge in [0, 0.05) is 46.1 Å². The van der Waals surface area contributed by atoms with E-state index in [-0.39, 0.29) is 5.91 Å². The number of carbonyl (C=O) groups is 1. The fourth-order valence-electron chi connectivity index (χ4n) is 2.43. The molecule has 1 aromatic carbocycles. The van der Waals surface area contributed by atoms with Crippen LogP contribution in [0.4, 0.5) is 0 Å². The van der Waals surface area contributed by atoms with Gasteiger partial charge in [-0.2, -0.15) is 0 Å². The minimum absolute atomic E-state index is 0.00823. The number of aliphatic imine (C=N–C) groups is 1. The molecule has 0 aliphatic carbocycles. The van der Waals surface area contributed by atoms with E-state index in [0.717, 1.165) is 24.4 Å². The minimum Gasteiger partial charge on any atom is -0.356 e. The van der Waals surface area contributed by atoms with Crippen molar-refractivity contribution in [2.24, 2.45) is 4.99 Å². The van der Waals surface area contributed by atoms with Gasteiger partial charge in [-0.25, -0.2) is 0 Å². The maximum atomic E-state index is 11.9. The Morgan fingerprint density at radius 3 is 2.65 bits per heavy atom. The average molecular weight is 357 g/mol. The molecule has 1 aromatic heterocycles. The Morgan fingerprint density at radius 1 is 1.15 bits per heavy atom. The number of nitrogens with one attached hydrogen (secondary N) is 3. The standard InChI is InChI=1S/C18H27N7O/c1-3-16-24-23-14-25(16)12-11-21-18(19-2)20-10-9-17(26)22-13-15-7-5-4-6-8-15/h4-8,14H,3,9-13H2,1-2H3,(H,22,26)(H2,19,20,21). The lowest BCUT2D eigenvalue weighted by molar-refractivity contribution is -0.121. The quantitative estimate of drug-likeness (QED) is 0.454. The molecular formula is C18H27N7O. The number of nitrogens with zero attached hydrogens (tertiary/aromatic N) is 4. The lowest BCUT2D eigenvalue weighted by Gasteiger charge is -2.12. The zero-order valence-electron chi connectivity index (χ0n) is 15.4. The number of benzene rings is 1. The third-order valence-corrected chi connectivity index (χ3v) is 3.86. The van der Waals surface area contributed by atoms with Gasteiger partial charge in [-0.1, -0.05) is 37.3 Å². The number of aromatic nitrogens is 3. The first-order valence-corrected chi connectivity index (χ1v) is 8.84. The molecule has 0 atom stereocenters. The van der Waals surface area contributed by atoms with Crippen LogP contribution in [-0.2, 0) is 24.3 Å². The Hall–Kier alpha value is -2.90. The van der Waals surface area contributed by atoms with Crippen molar-refractivity contribution in [3.05, 3.63) is 48.0 Å². The molecule has 0 saturated heterocycles. The maximum Gasteiger partial charge on any atom is 0.222 e. The van der Waals surface area contributed by atoms with E-state index in [1.165, 1.54) is 0 Å². The lowest BCUT2D eigenvalue weighted by atomic mass is 10.2. The fraction of sp³-hybridized carbons (Fsp3) is 0.444. The summed E-state index contributed by atoms with van der Waals surface area (Å²) in [5, 5.41) is 17.2. The minimum atomic E-state index is 0.00823. The smallest absolute Gasteiger partial charge is 0.222 e. The molecule has 0 unspecified atom stereocenters. The summed E-state index contributed by atoms with van der Waals surface area (Å²) in [6.45, 7) is 4.58. The second kappa shape index (κ2) is 10.9. The van der Waals surface area contributed by atoms with E-state index in [2.05, 4.69) is 38.1 Å². The van der Waals surface area contributed by atoms with Gasteiger partial charge in [0.2, 0.25) is 5.91 Å². The van der Waals surface area contributed by atoms with Crippen LogP contribution in [0.5, 0.6) is 0 Å². The zero-order chi connectivity index (χ0) is 18.6. The summed E-state index contributed by atoms with van der Waals surface area (Å²) in [6.07, 6.45) is 2.97. The maximum absolute atomic E-state index is 11.9. The predicted molar refractivity (Wildman–Crippen MR) is 102 cm³/mol. The molecule has 26 heavy (non-hydrogen) atoms. The van der Waals surface area contributed by atoms with Gasteiger partial charge in [-0.3, -0.25) is 9.79 Å². The summed E-state index contributed by atoms with van der Waals surface area (Å²) in [4.78, 5) is 16.1. The van der Waals surface area contributed by atoms with Gasteiger partial charge in [-0.05, 0) is 5.56 Å². The van der Waals surface area contributed by atoms with Gasteiger partial charge in [0.15, 0.2) is 5.96 Å². The number of hydrogen-bond acceptors (Lipinski definition) is 4. The highest BCUT2D eigenvalue weighted by molar-refractivity contribution is 5.81. The highest BCUT2D eigenvalue weighted by atomic mass is 16.1. The van der Waals surface area contributed by atoms with Crippen LogP contribution in [0.15, 0.2) is 41.7 Å². The Balaban J connectivity index is 1.61. The molecule has 0 bridgehead atoms. The molecule has 8 heteroatoms. The average Bonchev–Trinajstić information content (AvgIpc) is 3.13. The number of guanidine groups is 1. The second-order valence-corrected chi connectivity index (χ2v) is 5.73. The summed E-state index contributed by atoms with van der Waals surface area (Å²) in [5.41, 5.74) is 1.09. The first-order chi connectivity index (χ1) is 12.7. The monoisotopic (exact) mass is 357 g/mol. The van der Waals surface area contributed by atoms with Crippen molar-refractivity contribution >= 4 is 11.9 Å². The van der Waals surface area contributed by atoms with Crippen molar-refractivity contribution in [3.63, 3.8) is 0 Å². The van der Waals surface area contributed by atoms with Crippen LogP contribution in [0, 0.1) is 0 Å². The van der Waals surface area contributed by atoms with Crippen LogP contribution in [-0.4, -0.2) is 46.8 Å². The number of hydrogen-bond donors (Lipinski definition) is 3. The van der Waals surface area contributed by atoms with Crippen LogP contribution in [0.25, 0.3) is 0 Å². The molecule has 0 radical (unpaired) electrons. The van der Waals surface area contributed by atoms with Crippen LogP contribution in [0.3, 0.4) is 0 Å². The lowest BCUT2D eigenvalue weighted by Crippen LogP contribution is -2.40. The Bertz CT molecular complexity index is 697. The molecule has 0 aliphatic rings. The normalized spacial score (nSPS) is 11.2. The van der Waals surface area contributed by atoms with E-state index >= 15 is 0 Å². The van der Waals surface area contributed by atoms with Crippen LogP contribution < -0.4 is 16.0 Å². The van der Waals surface area contributed by atoms with Crippen molar-refractivity contribution in [1.29, 1.82) is 0 Å². The van der Waals surface area contributed by atoms with Gasteiger partial charge in [0.05, 0.1) is 0 Å². The summed E-state index contributed by atoms with van der Waals surface area (Å²) in [5.74, 6) is 1.64. The van der Waals surface area contributed by atoms with Gasteiger partial charge in [0.1, 0.15) is 12.2 Å². The third kappa shape index (κ3) is 6.54. The summed E-state index contributed by atoms with van der Waals surface area (Å²) < 4.78 is 2.01. The van der Waals surface area contributed by atoms with Crippen LogP contribution in [0.2, 0.25) is 0 Å². The van der Waals surface area contributed by atoms with E-state index in [9.17, 15) is 4.79 Å². The van der Waals surface area contributed by atoms with Crippen LogP contribution in [0.1, 0.15) is 24.7 Å². The molecule has 2 aromatic rings. The van der Waals surface area contributed by atoms with Crippen molar-refractivity contribution in [3.8, 4) is 0 Å². The van der Waals surface area contributed by atoms with Gasteiger partial charge < -0.3 is 20.5 Å². The van der Waals surface area contributed by atoms with Crippen molar-refractivity contribution in [2.45, 2.75) is 32.9 Å². The summed E-state index contributed by atoms with van der Waals surface area (Å²) in [6, 6.07) is 9.86. The van der Waals surface area contributed by atoms with Crippen molar-refractivity contribution < 1.29 is 4.79 Å². The SMILES string of the molecule is CCc1nncn1CCNC(=NC)NCCC(=O)NCc1ccccc1. The van der Waals surface area contributed by atoms with Crippen molar-refractivity contribution in [2.75, 3.05) is 20.1 Å². The van der Waals surface area contributed by atoms with Gasteiger partial charge in [-0.15, -0.1) is 10.2 Å². The number of amides is 1. The van der Waals surface area contributed by atoms with E-state index in [1.54, 1.807) is 13.4 Å². The summed E-state index contributed by atoms with van der Waals surface area (Å²) >= 11 is 0. The molecule has 0 saturated carbocycles. The predicted octanol–water partition coefficient (Wildman–Crippen LogP) is 0.712. The largest absolute Gasteiger partial charge is 0.356 e. The number of carbonyl (C=O) groups excluding carboxylic acids is 1. The van der Waals surface area contributed by atoms with E-state index in [4.69, 9.17) is 0 Å². The second-order valence-electron chi connectivity index (χ2n) is 5.73. The highest BCUT2D eigenvalue weighted by Crippen LogP contribution is 1.97.